The number of allylic oxidation sites excluding steroid dienone is 2. The van der Waals surface area contributed by atoms with E-state index in [0.29, 0.717) is 0 Å². The third-order valence-corrected chi connectivity index (χ3v) is 5.79. The number of rotatable bonds is 2. The highest BCUT2D eigenvalue weighted by Gasteiger charge is 2.57. The van der Waals surface area contributed by atoms with E-state index in [1.807, 2.05) is 19.1 Å². The molecule has 0 radical (unpaired) electrons. The van der Waals surface area contributed by atoms with Crippen LogP contribution in [-0.4, -0.2) is 16.7 Å². The molecule has 1 aromatic rings. The molecule has 1 saturated heterocycles. The Hall–Kier alpha value is -2.50. The van der Waals surface area contributed by atoms with E-state index in [1.54, 1.807) is 13.0 Å². The summed E-state index contributed by atoms with van der Waals surface area (Å²) in [6.07, 6.45) is 5.89. The van der Waals surface area contributed by atoms with Crippen LogP contribution < -0.4 is 4.90 Å². The van der Waals surface area contributed by atoms with Crippen LogP contribution in [0.5, 0.6) is 0 Å². The summed E-state index contributed by atoms with van der Waals surface area (Å²) in [6.45, 7) is 3.61. The van der Waals surface area contributed by atoms with Crippen LogP contribution in [0, 0.1) is 47.6 Å². The average molecular weight is 326 g/mol. The number of nitrogens with zero attached hydrogens (tertiary/aromatic N) is 2. The zero-order valence-electron chi connectivity index (χ0n) is 13.6. The van der Waals surface area contributed by atoms with Crippen LogP contribution in [0.25, 0.3) is 0 Å². The number of nitro groups is 1. The van der Waals surface area contributed by atoms with Crippen molar-refractivity contribution in [1.82, 2.24) is 0 Å². The smallest absolute Gasteiger partial charge is 0.274 e. The number of amides is 2. The number of carbonyl (C=O) groups excluding carboxylic acids is 2. The molecular weight excluding hydrogens is 308 g/mol. The maximum absolute atomic E-state index is 13.0. The van der Waals surface area contributed by atoms with Gasteiger partial charge in [-0.3, -0.25) is 19.7 Å². The maximum atomic E-state index is 13.0. The number of carbonyl (C=O) groups is 2. The van der Waals surface area contributed by atoms with Crippen LogP contribution in [0.3, 0.4) is 0 Å². The summed E-state index contributed by atoms with van der Waals surface area (Å²) in [4.78, 5) is 37.9. The molecule has 4 atom stereocenters. The van der Waals surface area contributed by atoms with Crippen LogP contribution in [0.2, 0.25) is 0 Å². The summed E-state index contributed by atoms with van der Waals surface area (Å²) >= 11 is 0. The monoisotopic (exact) mass is 326 g/mol. The van der Waals surface area contributed by atoms with Gasteiger partial charge in [0.05, 0.1) is 16.8 Å². The minimum Gasteiger partial charge on any atom is -0.274 e. The van der Waals surface area contributed by atoms with Crippen molar-refractivity contribution in [3.63, 3.8) is 0 Å². The van der Waals surface area contributed by atoms with Crippen molar-refractivity contribution in [2.24, 2.45) is 23.7 Å². The molecule has 4 aliphatic rings. The first kappa shape index (κ1) is 15.1. The van der Waals surface area contributed by atoms with Crippen LogP contribution in [-0.2, 0) is 9.59 Å². The largest absolute Gasteiger partial charge is 0.293 e. The molecule has 2 amide bonds. The molecule has 24 heavy (non-hydrogen) atoms. The fourth-order valence-electron chi connectivity index (χ4n) is 4.42. The Morgan fingerprint density at radius 1 is 1.00 bits per heavy atom. The van der Waals surface area contributed by atoms with Gasteiger partial charge in [0, 0.05) is 6.07 Å². The van der Waals surface area contributed by atoms with Gasteiger partial charge in [-0.15, -0.1) is 0 Å². The van der Waals surface area contributed by atoms with E-state index in [0.717, 1.165) is 28.9 Å². The first-order valence-electron chi connectivity index (χ1n) is 8.22. The number of fused-ring (bicyclic) bond motifs is 1. The van der Waals surface area contributed by atoms with Gasteiger partial charge >= 0.3 is 0 Å². The van der Waals surface area contributed by atoms with Gasteiger partial charge < -0.3 is 0 Å². The molecule has 0 N–H and O–H groups in total. The lowest BCUT2D eigenvalue weighted by molar-refractivity contribution is -0.384. The number of hydrogen-bond donors (Lipinski definition) is 0. The Labute approximate surface area is 139 Å². The van der Waals surface area contributed by atoms with E-state index in [1.165, 1.54) is 6.07 Å². The molecule has 2 fully saturated rings. The lowest BCUT2D eigenvalue weighted by Gasteiger charge is -2.38. The maximum Gasteiger partial charge on any atom is 0.293 e. The SMILES string of the molecule is Cc1cc(N2C(=O)[C@@H]3[C@H](C2=O)[C@H]2C=C[C@H]3CC2)c([N+](=O)[O-])cc1C. The van der Waals surface area contributed by atoms with Gasteiger partial charge in [-0.05, 0) is 55.7 Å². The van der Waals surface area contributed by atoms with E-state index in [9.17, 15) is 19.7 Å². The highest BCUT2D eigenvalue weighted by atomic mass is 16.6. The van der Waals surface area contributed by atoms with Gasteiger partial charge in [-0.25, -0.2) is 4.90 Å². The number of imide groups is 1. The predicted octanol–water partition coefficient (Wildman–Crippen LogP) is 2.91. The molecule has 0 unspecified atom stereocenters. The highest BCUT2D eigenvalue weighted by Crippen LogP contribution is 2.51. The van der Waals surface area contributed by atoms with Crippen LogP contribution in [0.4, 0.5) is 11.4 Å². The molecule has 0 spiro atoms. The molecule has 6 heteroatoms. The summed E-state index contributed by atoms with van der Waals surface area (Å²) in [5.74, 6) is -1.13. The first-order chi connectivity index (χ1) is 11.4. The molecule has 0 aromatic heterocycles. The van der Waals surface area contributed by atoms with E-state index < -0.39 is 4.92 Å². The van der Waals surface area contributed by atoms with Crippen LogP contribution >= 0.6 is 0 Å². The number of nitro benzene ring substituents is 1. The molecule has 1 saturated carbocycles. The van der Waals surface area contributed by atoms with Crippen molar-refractivity contribution in [2.75, 3.05) is 4.90 Å². The van der Waals surface area contributed by atoms with E-state index >= 15 is 0 Å². The molecular formula is C18H18N2O4. The van der Waals surface area contributed by atoms with Gasteiger partial charge in [0.25, 0.3) is 5.69 Å². The minimum atomic E-state index is -0.517. The molecule has 124 valence electrons. The first-order valence-corrected chi connectivity index (χ1v) is 8.22. The third kappa shape index (κ3) is 1.89. The van der Waals surface area contributed by atoms with Crippen LogP contribution in [0.1, 0.15) is 24.0 Å². The van der Waals surface area contributed by atoms with Gasteiger partial charge in [-0.2, -0.15) is 0 Å². The Morgan fingerprint density at radius 3 is 1.96 bits per heavy atom. The number of benzene rings is 1. The van der Waals surface area contributed by atoms with Crippen molar-refractivity contribution in [2.45, 2.75) is 26.7 Å². The second-order valence-electron chi connectivity index (χ2n) is 7.04. The van der Waals surface area contributed by atoms with E-state index in [2.05, 4.69) is 0 Å². The summed E-state index contributed by atoms with van der Waals surface area (Å²) in [6, 6.07) is 3.04. The normalized spacial score (nSPS) is 30.8. The standard InChI is InChI=1S/C18H18N2O4/c1-9-7-13(14(20(23)24)8-10(9)2)19-17(21)15-11-3-4-12(6-5-11)16(15)18(19)22/h3-4,7-8,11-12,15-16H,5-6H2,1-2H3/t11-,12-,15-,16+/m0/s1. The van der Waals surface area contributed by atoms with Gasteiger partial charge in [-0.1, -0.05) is 12.2 Å². The lowest BCUT2D eigenvalue weighted by atomic mass is 9.63. The Bertz CT molecular complexity index is 781. The van der Waals surface area contributed by atoms with Crippen molar-refractivity contribution >= 4 is 23.2 Å². The van der Waals surface area contributed by atoms with Gasteiger partial charge in [0.2, 0.25) is 11.8 Å². The van der Waals surface area contributed by atoms with Crippen molar-refractivity contribution in [3.8, 4) is 0 Å². The highest BCUT2D eigenvalue weighted by molar-refractivity contribution is 6.23. The zero-order chi connectivity index (χ0) is 17.2. The van der Waals surface area contributed by atoms with Gasteiger partial charge in [0.15, 0.2) is 0 Å². The molecule has 5 rings (SSSR count). The van der Waals surface area contributed by atoms with E-state index in [-0.39, 0.29) is 46.9 Å². The summed E-state index contributed by atoms with van der Waals surface area (Å²) in [5, 5.41) is 11.5. The van der Waals surface area contributed by atoms with Crippen LogP contribution in [0.15, 0.2) is 24.3 Å². The molecule has 2 bridgehead atoms. The lowest BCUT2D eigenvalue weighted by Crippen LogP contribution is -2.38. The second kappa shape index (κ2) is 5.00. The minimum absolute atomic E-state index is 0.0760. The predicted molar refractivity (Wildman–Crippen MR) is 87.4 cm³/mol. The third-order valence-electron chi connectivity index (χ3n) is 5.79. The molecule has 1 aromatic carbocycles. The fourth-order valence-corrected chi connectivity index (χ4v) is 4.42. The molecule has 1 aliphatic heterocycles. The van der Waals surface area contributed by atoms with E-state index in [4.69, 9.17) is 0 Å². The Balaban J connectivity index is 1.84. The van der Waals surface area contributed by atoms with Crippen molar-refractivity contribution < 1.29 is 14.5 Å². The quantitative estimate of drug-likeness (QED) is 0.362. The van der Waals surface area contributed by atoms with Crippen molar-refractivity contribution in [1.29, 1.82) is 0 Å². The second-order valence-corrected chi connectivity index (χ2v) is 7.04. The summed E-state index contributed by atoms with van der Waals surface area (Å²) in [7, 11) is 0. The Morgan fingerprint density at radius 2 is 1.50 bits per heavy atom. The fraction of sp³-hybridized carbons (Fsp3) is 0.444. The number of aryl methyl sites for hydroxylation is 2. The Kier molecular flexibility index (Phi) is 3.13. The molecule has 6 nitrogen and oxygen atoms in total. The zero-order valence-corrected chi connectivity index (χ0v) is 13.6. The van der Waals surface area contributed by atoms with Gasteiger partial charge in [0.1, 0.15) is 5.69 Å². The summed E-state index contributed by atoms with van der Waals surface area (Å²) < 4.78 is 0. The molecule has 3 aliphatic carbocycles. The summed E-state index contributed by atoms with van der Waals surface area (Å²) in [5.41, 5.74) is 1.53. The number of hydrogen-bond acceptors (Lipinski definition) is 4. The number of anilines is 1. The van der Waals surface area contributed by atoms with Crippen molar-refractivity contribution in [3.05, 3.63) is 45.5 Å². The average Bonchev–Trinajstić information content (AvgIpc) is 2.84. The molecule has 1 heterocycles. The topological polar surface area (TPSA) is 80.5 Å².